The van der Waals surface area contributed by atoms with Crippen molar-refractivity contribution in [3.05, 3.63) is 64.4 Å². The molecule has 2 aromatic carbocycles. The Kier molecular flexibility index (Phi) is 3.83. The minimum Gasteiger partial charge on any atom is -0.321 e. The molecule has 0 atom stereocenters. The number of rotatable bonds is 3. The van der Waals surface area contributed by atoms with E-state index in [-0.39, 0.29) is 0 Å². The van der Waals surface area contributed by atoms with Crippen molar-refractivity contribution >= 4 is 34.2 Å². The van der Waals surface area contributed by atoms with Gasteiger partial charge in [-0.2, -0.15) is 5.26 Å². The maximum Gasteiger partial charge on any atom is 0.125 e. The van der Waals surface area contributed by atoms with Crippen LogP contribution in [-0.2, 0) is 12.4 Å². The Morgan fingerprint density at radius 3 is 2.76 bits per heavy atom. The lowest BCUT2D eigenvalue weighted by Gasteiger charge is -2.09. The smallest absolute Gasteiger partial charge is 0.125 e. The van der Waals surface area contributed by atoms with Crippen molar-refractivity contribution in [1.82, 2.24) is 9.55 Å². The second-order valence-electron chi connectivity index (χ2n) is 4.67. The number of alkyl halides is 1. The Hall–Kier alpha value is -2.02. The molecule has 0 aliphatic heterocycles. The van der Waals surface area contributed by atoms with Crippen LogP contribution in [0, 0.1) is 11.3 Å². The van der Waals surface area contributed by atoms with Gasteiger partial charge in [0, 0.05) is 6.54 Å². The largest absolute Gasteiger partial charge is 0.321 e. The third-order valence-corrected chi connectivity index (χ3v) is 3.86. The monoisotopic (exact) mass is 315 g/mol. The molecular formula is C16H11Cl2N3. The van der Waals surface area contributed by atoms with Crippen LogP contribution in [-0.4, -0.2) is 9.55 Å². The first kappa shape index (κ1) is 13.9. The number of imidazole rings is 1. The zero-order valence-corrected chi connectivity index (χ0v) is 12.6. The molecule has 104 valence electrons. The van der Waals surface area contributed by atoms with Crippen LogP contribution in [0.3, 0.4) is 0 Å². The van der Waals surface area contributed by atoms with Crippen LogP contribution < -0.4 is 0 Å². The van der Waals surface area contributed by atoms with E-state index < -0.39 is 0 Å². The number of halogens is 2. The molecule has 3 aromatic rings. The second kappa shape index (κ2) is 5.77. The highest BCUT2D eigenvalue weighted by Crippen LogP contribution is 2.26. The molecule has 0 saturated heterocycles. The average molecular weight is 316 g/mol. The summed E-state index contributed by atoms with van der Waals surface area (Å²) in [6.45, 7) is 0.581. The molecule has 0 N–H and O–H groups in total. The molecule has 0 spiro atoms. The third-order valence-electron chi connectivity index (χ3n) is 3.31. The Morgan fingerprint density at radius 2 is 2.00 bits per heavy atom. The number of nitrogens with zero attached hydrogens (tertiary/aromatic N) is 3. The Balaban J connectivity index is 2.13. The number of benzene rings is 2. The van der Waals surface area contributed by atoms with Crippen molar-refractivity contribution in [2.45, 2.75) is 12.4 Å². The van der Waals surface area contributed by atoms with Crippen LogP contribution in [0.1, 0.15) is 17.0 Å². The fraction of sp³-hybridized carbons (Fsp3) is 0.125. The molecule has 0 amide bonds. The normalized spacial score (nSPS) is 10.7. The van der Waals surface area contributed by atoms with Crippen LogP contribution in [0.5, 0.6) is 0 Å². The third kappa shape index (κ3) is 2.61. The van der Waals surface area contributed by atoms with E-state index in [1.807, 2.05) is 41.0 Å². The summed E-state index contributed by atoms with van der Waals surface area (Å²) in [6.07, 6.45) is 0. The minimum absolute atomic E-state index is 0.308. The second-order valence-corrected chi connectivity index (χ2v) is 5.34. The summed E-state index contributed by atoms with van der Waals surface area (Å²) < 4.78 is 2.00. The molecule has 0 saturated carbocycles. The fourth-order valence-electron chi connectivity index (χ4n) is 2.38. The van der Waals surface area contributed by atoms with Gasteiger partial charge in [0.25, 0.3) is 0 Å². The van der Waals surface area contributed by atoms with E-state index in [0.717, 1.165) is 22.4 Å². The fourth-order valence-corrected chi connectivity index (χ4v) is 2.86. The highest BCUT2D eigenvalue weighted by molar-refractivity contribution is 6.35. The molecule has 5 heteroatoms. The number of nitriles is 1. The number of para-hydroxylation sites is 1. The van der Waals surface area contributed by atoms with Gasteiger partial charge in [0.1, 0.15) is 5.82 Å². The molecule has 3 nitrogen and oxygen atoms in total. The molecule has 21 heavy (non-hydrogen) atoms. The van der Waals surface area contributed by atoms with Crippen molar-refractivity contribution in [2.75, 3.05) is 0 Å². The summed E-state index contributed by atoms with van der Waals surface area (Å²) in [4.78, 5) is 4.51. The molecule has 0 aliphatic rings. The number of aromatic nitrogens is 2. The van der Waals surface area contributed by atoms with E-state index in [0.29, 0.717) is 23.0 Å². The molecule has 1 heterocycles. The molecule has 0 radical (unpaired) electrons. The van der Waals surface area contributed by atoms with E-state index in [1.165, 1.54) is 0 Å². The van der Waals surface area contributed by atoms with E-state index in [2.05, 4.69) is 11.1 Å². The Bertz CT molecular complexity index is 846. The minimum atomic E-state index is 0.308. The summed E-state index contributed by atoms with van der Waals surface area (Å²) in [5.74, 6) is 1.07. The first-order valence-electron chi connectivity index (χ1n) is 6.41. The van der Waals surface area contributed by atoms with Crippen molar-refractivity contribution < 1.29 is 0 Å². The topological polar surface area (TPSA) is 41.6 Å². The highest BCUT2D eigenvalue weighted by atomic mass is 35.5. The van der Waals surface area contributed by atoms with E-state index >= 15 is 0 Å². The molecular weight excluding hydrogens is 305 g/mol. The Morgan fingerprint density at radius 1 is 1.19 bits per heavy atom. The van der Waals surface area contributed by atoms with Gasteiger partial charge in [-0.05, 0) is 29.8 Å². The lowest BCUT2D eigenvalue weighted by atomic mass is 10.1. The summed E-state index contributed by atoms with van der Waals surface area (Å²) in [5.41, 5.74) is 3.35. The maximum atomic E-state index is 8.99. The van der Waals surface area contributed by atoms with Gasteiger partial charge in [-0.3, -0.25) is 0 Å². The molecule has 0 fully saturated rings. The van der Waals surface area contributed by atoms with Crippen LogP contribution in [0.4, 0.5) is 0 Å². The molecule has 0 aliphatic carbocycles. The average Bonchev–Trinajstić information content (AvgIpc) is 2.86. The summed E-state index contributed by atoms with van der Waals surface area (Å²) in [5, 5.41) is 9.64. The van der Waals surface area contributed by atoms with Gasteiger partial charge in [0.15, 0.2) is 0 Å². The van der Waals surface area contributed by atoms with Crippen LogP contribution >= 0.6 is 23.2 Å². The molecule has 3 rings (SSSR count). The maximum absolute atomic E-state index is 8.99. The number of hydrogen-bond acceptors (Lipinski definition) is 2. The van der Waals surface area contributed by atoms with Crippen molar-refractivity contribution in [3.63, 3.8) is 0 Å². The Labute approximate surface area is 132 Å². The van der Waals surface area contributed by atoms with Crippen LogP contribution in [0.2, 0.25) is 5.02 Å². The zero-order chi connectivity index (χ0) is 14.8. The van der Waals surface area contributed by atoms with Gasteiger partial charge in [-0.25, -0.2) is 4.98 Å². The van der Waals surface area contributed by atoms with Crippen molar-refractivity contribution in [2.24, 2.45) is 0 Å². The predicted molar refractivity (Wildman–Crippen MR) is 84.6 cm³/mol. The first-order valence-corrected chi connectivity index (χ1v) is 7.33. The van der Waals surface area contributed by atoms with Gasteiger partial charge in [-0.15, -0.1) is 11.6 Å². The first-order chi connectivity index (χ1) is 10.2. The van der Waals surface area contributed by atoms with E-state index in [1.54, 1.807) is 6.07 Å². The summed E-state index contributed by atoms with van der Waals surface area (Å²) in [6, 6.07) is 15.3. The summed E-state index contributed by atoms with van der Waals surface area (Å²) in [7, 11) is 0. The van der Waals surface area contributed by atoms with Crippen LogP contribution in [0.15, 0.2) is 42.5 Å². The molecule has 0 bridgehead atoms. The zero-order valence-electron chi connectivity index (χ0n) is 11.1. The molecule has 1 aromatic heterocycles. The lowest BCUT2D eigenvalue weighted by molar-refractivity contribution is 0.778. The molecule has 0 unspecified atom stereocenters. The van der Waals surface area contributed by atoms with Crippen LogP contribution in [0.25, 0.3) is 11.0 Å². The van der Waals surface area contributed by atoms with Gasteiger partial charge in [-0.1, -0.05) is 29.8 Å². The van der Waals surface area contributed by atoms with Gasteiger partial charge in [0.2, 0.25) is 0 Å². The quantitative estimate of drug-likeness (QED) is 0.674. The van der Waals surface area contributed by atoms with E-state index in [9.17, 15) is 0 Å². The van der Waals surface area contributed by atoms with Gasteiger partial charge in [0.05, 0.1) is 33.6 Å². The van der Waals surface area contributed by atoms with Crippen molar-refractivity contribution in [3.8, 4) is 6.07 Å². The summed E-state index contributed by atoms with van der Waals surface area (Å²) >= 11 is 12.3. The number of hydrogen-bond donors (Lipinski definition) is 0. The highest BCUT2D eigenvalue weighted by Gasteiger charge is 2.13. The predicted octanol–water partition coefficient (Wildman–Crippen LogP) is 4.35. The standard InChI is InChI=1S/C16H11Cl2N3/c17-8-15-20-14-6-2-5-13(18)16(14)21(15)10-12-4-1-3-11(7-12)9-19/h1-7H,8,10H2. The lowest BCUT2D eigenvalue weighted by Crippen LogP contribution is -2.04. The van der Waals surface area contributed by atoms with Gasteiger partial charge >= 0.3 is 0 Å². The van der Waals surface area contributed by atoms with Gasteiger partial charge < -0.3 is 4.57 Å². The van der Waals surface area contributed by atoms with Crippen molar-refractivity contribution in [1.29, 1.82) is 5.26 Å². The number of fused-ring (bicyclic) bond motifs is 1. The van der Waals surface area contributed by atoms with E-state index in [4.69, 9.17) is 28.5 Å². The SMILES string of the molecule is N#Cc1cccc(Cn2c(CCl)nc3cccc(Cl)c32)c1.